The summed E-state index contributed by atoms with van der Waals surface area (Å²) in [4.78, 5) is 38.0. The zero-order chi connectivity index (χ0) is 36.1. The van der Waals surface area contributed by atoms with Gasteiger partial charge in [0.15, 0.2) is 5.71 Å². The largest absolute Gasteiger partial charge is 1.00 e. The summed E-state index contributed by atoms with van der Waals surface area (Å²) in [5.74, 6) is -2.22. The van der Waals surface area contributed by atoms with Crippen LogP contribution in [0.5, 0.6) is 0 Å². The van der Waals surface area contributed by atoms with E-state index in [2.05, 4.69) is 28.9 Å². The number of aryl methyl sites for hydroxylation is 1. The van der Waals surface area contributed by atoms with E-state index >= 15 is 0 Å². The SMILES string of the molecule is CCOC(=O)C1=NN(c2cc(SOO[O-])ccc2S(=O)(=O)[O-])C(=O)/C1=C/C=C/c1c(C)[nH]n(-c2cc(S(=O)(=O)[O-])ccc2SOO[O-])c1=O.[K+].[K+].[K+].[K+]. The number of nitrogens with zero attached hydrogens (tertiary/aromatic N) is 3. The molecule has 0 fully saturated rings. The maximum atomic E-state index is 13.5. The number of allylic oxidation sites excluding steroid dienone is 2. The van der Waals surface area contributed by atoms with Gasteiger partial charge in [-0.1, -0.05) is 6.08 Å². The number of rotatable bonds is 14. The molecular formula is C25H18K4N4O16S4. The third-order valence-electron chi connectivity index (χ3n) is 6.19. The molecule has 0 unspecified atom stereocenters. The van der Waals surface area contributed by atoms with Crippen LogP contribution in [0.2, 0.25) is 0 Å². The van der Waals surface area contributed by atoms with Gasteiger partial charge in [0.2, 0.25) is 0 Å². The first kappa shape index (κ1) is 55.4. The van der Waals surface area contributed by atoms with Crippen LogP contribution >= 0.6 is 24.1 Å². The van der Waals surface area contributed by atoms with E-state index in [0.717, 1.165) is 53.2 Å². The smallest absolute Gasteiger partial charge is 0.744 e. The molecule has 1 N–H and O–H groups in total. The fourth-order valence-electron chi connectivity index (χ4n) is 4.17. The van der Waals surface area contributed by atoms with Crippen LogP contribution in [0.1, 0.15) is 18.2 Å². The number of aromatic nitrogens is 2. The Labute approximate surface area is 479 Å². The second kappa shape index (κ2) is 25.2. The number of carbonyl (C=O) groups is 2. The van der Waals surface area contributed by atoms with Crippen LogP contribution in [0.15, 0.2) is 83.6 Å². The Bertz CT molecular complexity index is 2180. The first-order valence-corrected chi connectivity index (χ1v) is 17.2. The van der Waals surface area contributed by atoms with Gasteiger partial charge >= 0.3 is 212 Å². The third kappa shape index (κ3) is 14.5. The van der Waals surface area contributed by atoms with Crippen LogP contribution in [-0.4, -0.2) is 59.9 Å². The summed E-state index contributed by atoms with van der Waals surface area (Å²) in [6.07, 6.45) is 3.37. The van der Waals surface area contributed by atoms with E-state index in [0.29, 0.717) is 29.1 Å². The molecule has 1 amide bonds. The Hall–Kier alpha value is 2.37. The van der Waals surface area contributed by atoms with Crippen molar-refractivity contribution in [3.63, 3.8) is 0 Å². The average Bonchev–Trinajstić information content (AvgIpc) is 3.52. The predicted molar refractivity (Wildman–Crippen MR) is 158 cm³/mol. The van der Waals surface area contributed by atoms with Crippen molar-refractivity contribution in [3.05, 3.63) is 75.7 Å². The van der Waals surface area contributed by atoms with Gasteiger partial charge in [0.1, 0.15) is 20.2 Å². The van der Waals surface area contributed by atoms with Crippen LogP contribution in [0.3, 0.4) is 0 Å². The molecule has 2 aromatic carbocycles. The molecule has 0 saturated heterocycles. The standard InChI is InChI=1S/C25H22N4O16S4.4K/c1-3-41-25(32)22-17(24(31)29(27-22)19-11-14(46-44-42-33)7-10-21(19)49(38,39)40)6-4-5-16-13(2)26-28(23(16)30)18-12-15(48(35,36)37)8-9-20(18)47-45-43-34;;;;/h4-12,26,33-34H,3H2,1-2H3,(H,35,36,37)(H,38,39,40);;;;/q;4*+1/p-4/b5-4+,17-6+;;;;. The summed E-state index contributed by atoms with van der Waals surface area (Å²) >= 11 is 0.616. The molecular weight excluding hydrogens is 897 g/mol. The number of benzene rings is 2. The molecule has 262 valence electrons. The number of hydrogen-bond acceptors (Lipinski definition) is 19. The molecule has 2 heterocycles. The Balaban J connectivity index is 0.00000676. The van der Waals surface area contributed by atoms with Gasteiger partial charge in [-0.15, -0.1) is 0 Å². The van der Waals surface area contributed by atoms with Crippen LogP contribution in [-0.2, 0) is 53.3 Å². The van der Waals surface area contributed by atoms with Crippen LogP contribution < -0.4 is 227 Å². The quantitative estimate of drug-likeness (QED) is 0.0299. The zero-order valence-electron chi connectivity index (χ0n) is 28.4. The summed E-state index contributed by atoms with van der Waals surface area (Å²) in [7, 11) is -10.2. The van der Waals surface area contributed by atoms with Gasteiger partial charge in [-0.05, 0) is 62.4 Å². The number of hydrazone groups is 1. The molecule has 53 heavy (non-hydrogen) atoms. The van der Waals surface area contributed by atoms with Crippen molar-refractivity contribution >= 4 is 73.7 Å². The van der Waals surface area contributed by atoms with Gasteiger partial charge in [-0.25, -0.2) is 26.3 Å². The third-order valence-corrected chi connectivity index (χ3v) is 9.12. The second-order valence-electron chi connectivity index (χ2n) is 9.12. The van der Waals surface area contributed by atoms with Crippen LogP contribution in [0.25, 0.3) is 11.8 Å². The number of esters is 1. The predicted octanol–water partition coefficient (Wildman–Crippen LogP) is -12.3. The Morgan fingerprint density at radius 2 is 1.57 bits per heavy atom. The van der Waals surface area contributed by atoms with Crippen LogP contribution in [0.4, 0.5) is 5.69 Å². The monoisotopic (exact) mass is 914 g/mol. The maximum Gasteiger partial charge on any atom is 1.00 e. The molecule has 20 nitrogen and oxygen atoms in total. The molecule has 0 saturated carbocycles. The summed E-state index contributed by atoms with van der Waals surface area (Å²) in [5.41, 5.74) is -2.62. The summed E-state index contributed by atoms with van der Waals surface area (Å²) in [6, 6.07) is 5.69. The molecule has 3 aromatic rings. The average molecular weight is 915 g/mol. The van der Waals surface area contributed by atoms with Gasteiger partial charge in [-0.2, -0.15) is 18.8 Å². The molecule has 1 aliphatic heterocycles. The van der Waals surface area contributed by atoms with E-state index in [1.54, 1.807) is 0 Å². The molecule has 0 spiro atoms. The minimum atomic E-state index is -5.23. The summed E-state index contributed by atoms with van der Waals surface area (Å²) in [6.45, 7) is 2.74. The first-order valence-electron chi connectivity index (χ1n) is 12.9. The Kier molecular flexibility index (Phi) is 26.3. The number of anilines is 1. The van der Waals surface area contributed by atoms with Crippen molar-refractivity contribution in [2.45, 2.75) is 33.4 Å². The fraction of sp³-hybridized carbons (Fsp3) is 0.120. The van der Waals surface area contributed by atoms with E-state index in [9.17, 15) is 50.8 Å². The molecule has 4 rings (SSSR count). The molecule has 0 atom stereocenters. The van der Waals surface area contributed by atoms with E-state index in [-0.39, 0.29) is 239 Å². The van der Waals surface area contributed by atoms with E-state index < -0.39 is 64.4 Å². The number of carbonyl (C=O) groups excluding carboxylic acids is 2. The summed E-state index contributed by atoms with van der Waals surface area (Å²) < 4.78 is 85.1. The molecule has 0 aliphatic carbocycles. The maximum absolute atomic E-state index is 13.5. The second-order valence-corrected chi connectivity index (χ2v) is 13.4. The van der Waals surface area contributed by atoms with Crippen molar-refractivity contribution in [3.8, 4) is 5.69 Å². The van der Waals surface area contributed by atoms with E-state index in [4.69, 9.17) is 4.74 Å². The summed E-state index contributed by atoms with van der Waals surface area (Å²) in [5, 5.41) is 34.2. The van der Waals surface area contributed by atoms with Crippen molar-refractivity contribution in [1.82, 2.24) is 9.78 Å². The van der Waals surface area contributed by atoms with Gasteiger partial charge in [0.25, 0.3) is 11.5 Å². The molecule has 0 bridgehead atoms. The normalized spacial score (nSPS) is 13.5. The van der Waals surface area contributed by atoms with Crippen molar-refractivity contribution in [2.24, 2.45) is 5.10 Å². The number of nitrogens with one attached hydrogen (secondary N) is 1. The number of ether oxygens (including phenoxy) is 1. The number of amides is 1. The number of hydrogen-bond donors (Lipinski definition) is 1. The van der Waals surface area contributed by atoms with Crippen molar-refractivity contribution in [1.29, 1.82) is 0 Å². The van der Waals surface area contributed by atoms with Gasteiger partial charge in [-0.3, -0.25) is 24.8 Å². The van der Waals surface area contributed by atoms with Crippen LogP contribution in [0, 0.1) is 6.92 Å². The van der Waals surface area contributed by atoms with Gasteiger partial charge < -0.3 is 24.4 Å². The zero-order valence-corrected chi connectivity index (χ0v) is 44.2. The number of H-pyrrole nitrogens is 1. The van der Waals surface area contributed by atoms with E-state index in [1.807, 2.05) is 0 Å². The minimum absolute atomic E-state index is 0. The number of aromatic amines is 1. The van der Waals surface area contributed by atoms with Crippen molar-refractivity contribution < 1.29 is 275 Å². The molecule has 0 radical (unpaired) electrons. The van der Waals surface area contributed by atoms with Gasteiger partial charge in [0.05, 0.1) is 67.9 Å². The first-order chi connectivity index (χ1) is 23.1. The Morgan fingerprint density at radius 1 is 0.925 bits per heavy atom. The topological polar surface area (TPSA) is 294 Å². The minimum Gasteiger partial charge on any atom is -0.744 e. The van der Waals surface area contributed by atoms with E-state index in [1.165, 1.54) is 19.9 Å². The fourth-order valence-corrected chi connectivity index (χ4v) is 6.15. The van der Waals surface area contributed by atoms with Gasteiger partial charge in [0, 0.05) is 10.6 Å². The van der Waals surface area contributed by atoms with Crippen molar-refractivity contribution in [2.75, 3.05) is 11.6 Å². The Morgan fingerprint density at radius 3 is 2.15 bits per heavy atom. The molecule has 1 aromatic heterocycles. The molecule has 1 aliphatic rings. The molecule has 28 heteroatoms.